The third-order valence-electron chi connectivity index (χ3n) is 3.20. The summed E-state index contributed by atoms with van der Waals surface area (Å²) in [5.41, 5.74) is 8.14. The van der Waals surface area contributed by atoms with Crippen LogP contribution in [0.25, 0.3) is 0 Å². The molecule has 0 radical (unpaired) electrons. The van der Waals surface area contributed by atoms with Gasteiger partial charge in [0.2, 0.25) is 0 Å². The largest absolute Gasteiger partial charge is 0.397 e. The molecule has 88 valence electrons. The molecule has 2 N–H and O–H groups in total. The monoisotopic (exact) mass is 219 g/mol. The Morgan fingerprint density at radius 3 is 2.81 bits per heavy atom. The van der Waals surface area contributed by atoms with E-state index in [2.05, 4.69) is 36.0 Å². The van der Waals surface area contributed by atoms with Crippen LogP contribution in [0.15, 0.2) is 24.3 Å². The highest BCUT2D eigenvalue weighted by molar-refractivity contribution is 5.68. The molecule has 16 heavy (non-hydrogen) atoms. The van der Waals surface area contributed by atoms with E-state index in [1.807, 2.05) is 12.1 Å². The summed E-state index contributed by atoms with van der Waals surface area (Å²) in [7, 11) is 4.26. The second-order valence-electron chi connectivity index (χ2n) is 4.81. The minimum Gasteiger partial charge on any atom is -0.397 e. The standard InChI is InChI=1S/C13H21N3/c1-15(2)10-11-6-5-9-16(11)13-8-4-3-7-12(13)14/h3-4,7-8,11H,5-6,9-10,14H2,1-2H3. The highest BCUT2D eigenvalue weighted by Gasteiger charge is 2.25. The van der Waals surface area contributed by atoms with Gasteiger partial charge in [0.05, 0.1) is 11.4 Å². The minimum absolute atomic E-state index is 0.611. The second-order valence-corrected chi connectivity index (χ2v) is 4.81. The molecular formula is C13H21N3. The Bertz CT molecular complexity index is 349. The van der Waals surface area contributed by atoms with Crippen molar-refractivity contribution in [3.05, 3.63) is 24.3 Å². The van der Waals surface area contributed by atoms with Crippen molar-refractivity contribution in [3.63, 3.8) is 0 Å². The number of likely N-dealkylation sites (N-methyl/N-ethyl adjacent to an activating group) is 1. The maximum atomic E-state index is 6.04. The first-order valence-corrected chi connectivity index (χ1v) is 5.94. The van der Waals surface area contributed by atoms with Crippen LogP contribution in [0.2, 0.25) is 0 Å². The van der Waals surface area contributed by atoms with Gasteiger partial charge in [0.1, 0.15) is 0 Å². The average molecular weight is 219 g/mol. The molecule has 3 nitrogen and oxygen atoms in total. The maximum absolute atomic E-state index is 6.04. The van der Waals surface area contributed by atoms with Crippen LogP contribution in [0.4, 0.5) is 11.4 Å². The second kappa shape index (κ2) is 4.74. The molecule has 0 spiro atoms. The normalized spacial score (nSPS) is 20.7. The molecule has 0 aromatic heterocycles. The van der Waals surface area contributed by atoms with E-state index in [0.717, 1.165) is 18.8 Å². The maximum Gasteiger partial charge on any atom is 0.0602 e. The third kappa shape index (κ3) is 2.30. The van der Waals surface area contributed by atoms with E-state index < -0.39 is 0 Å². The molecule has 1 aromatic carbocycles. The van der Waals surface area contributed by atoms with Gasteiger partial charge in [-0.15, -0.1) is 0 Å². The molecule has 1 aromatic rings. The van der Waals surface area contributed by atoms with Gasteiger partial charge < -0.3 is 15.5 Å². The van der Waals surface area contributed by atoms with Gasteiger partial charge in [-0.1, -0.05) is 12.1 Å². The zero-order valence-electron chi connectivity index (χ0n) is 10.2. The van der Waals surface area contributed by atoms with E-state index in [1.165, 1.54) is 18.5 Å². The number of rotatable bonds is 3. The van der Waals surface area contributed by atoms with Crippen LogP contribution in [0, 0.1) is 0 Å². The summed E-state index contributed by atoms with van der Waals surface area (Å²) in [4.78, 5) is 4.71. The van der Waals surface area contributed by atoms with Crippen LogP contribution in [-0.2, 0) is 0 Å². The van der Waals surface area contributed by atoms with Gasteiger partial charge in [-0.05, 0) is 39.1 Å². The third-order valence-corrected chi connectivity index (χ3v) is 3.20. The summed E-state index contributed by atoms with van der Waals surface area (Å²) in [5, 5.41) is 0. The molecule has 1 atom stereocenters. The lowest BCUT2D eigenvalue weighted by Gasteiger charge is -2.29. The molecule has 3 heteroatoms. The predicted octanol–water partition coefficient (Wildman–Crippen LogP) is 1.80. The van der Waals surface area contributed by atoms with Crippen LogP contribution in [-0.4, -0.2) is 38.1 Å². The molecule has 1 aliphatic heterocycles. The minimum atomic E-state index is 0.611. The van der Waals surface area contributed by atoms with Crippen LogP contribution < -0.4 is 10.6 Å². The Morgan fingerprint density at radius 2 is 2.12 bits per heavy atom. The molecule has 1 fully saturated rings. The van der Waals surface area contributed by atoms with Crippen molar-refractivity contribution in [2.45, 2.75) is 18.9 Å². The van der Waals surface area contributed by atoms with Crippen LogP contribution in [0.1, 0.15) is 12.8 Å². The summed E-state index contributed by atoms with van der Waals surface area (Å²) in [6, 6.07) is 8.79. The number of anilines is 2. The lowest BCUT2D eigenvalue weighted by atomic mass is 10.2. The van der Waals surface area contributed by atoms with Crippen LogP contribution in [0.5, 0.6) is 0 Å². The van der Waals surface area contributed by atoms with Crippen LogP contribution in [0.3, 0.4) is 0 Å². The zero-order valence-corrected chi connectivity index (χ0v) is 10.2. The highest BCUT2D eigenvalue weighted by atomic mass is 15.2. The molecule has 1 saturated heterocycles. The van der Waals surface area contributed by atoms with E-state index >= 15 is 0 Å². The van der Waals surface area contributed by atoms with Crippen molar-refractivity contribution in [1.29, 1.82) is 0 Å². The van der Waals surface area contributed by atoms with Crippen molar-refractivity contribution in [2.75, 3.05) is 37.8 Å². The lowest BCUT2D eigenvalue weighted by Crippen LogP contribution is -2.37. The van der Waals surface area contributed by atoms with E-state index in [-0.39, 0.29) is 0 Å². The summed E-state index contributed by atoms with van der Waals surface area (Å²) in [6.45, 7) is 2.24. The quantitative estimate of drug-likeness (QED) is 0.787. The van der Waals surface area contributed by atoms with Crippen molar-refractivity contribution in [3.8, 4) is 0 Å². The fraction of sp³-hybridized carbons (Fsp3) is 0.538. The Kier molecular flexibility index (Phi) is 3.34. The molecule has 0 saturated carbocycles. The molecule has 2 rings (SSSR count). The molecule has 1 unspecified atom stereocenters. The van der Waals surface area contributed by atoms with Crippen molar-refractivity contribution < 1.29 is 0 Å². The van der Waals surface area contributed by atoms with Gasteiger partial charge in [0.15, 0.2) is 0 Å². The fourth-order valence-electron chi connectivity index (χ4n) is 2.51. The first-order chi connectivity index (χ1) is 7.68. The van der Waals surface area contributed by atoms with Crippen molar-refractivity contribution in [1.82, 2.24) is 4.90 Å². The number of hydrogen-bond donors (Lipinski definition) is 1. The number of hydrogen-bond acceptors (Lipinski definition) is 3. The molecule has 0 amide bonds. The van der Waals surface area contributed by atoms with Gasteiger partial charge >= 0.3 is 0 Å². The highest BCUT2D eigenvalue weighted by Crippen LogP contribution is 2.30. The number of nitrogens with two attached hydrogens (primary N) is 1. The first-order valence-electron chi connectivity index (χ1n) is 5.94. The molecule has 0 bridgehead atoms. The van der Waals surface area contributed by atoms with Gasteiger partial charge in [-0.25, -0.2) is 0 Å². The Balaban J connectivity index is 2.17. The summed E-state index contributed by atoms with van der Waals surface area (Å²) >= 11 is 0. The molecule has 0 aliphatic carbocycles. The Labute approximate surface area is 97.8 Å². The number of benzene rings is 1. The van der Waals surface area contributed by atoms with Crippen molar-refractivity contribution in [2.24, 2.45) is 0 Å². The first kappa shape index (κ1) is 11.3. The van der Waals surface area contributed by atoms with E-state index in [9.17, 15) is 0 Å². The Morgan fingerprint density at radius 1 is 1.38 bits per heavy atom. The molecule has 1 aliphatic rings. The summed E-state index contributed by atoms with van der Waals surface area (Å²) < 4.78 is 0. The number of nitrogens with zero attached hydrogens (tertiary/aromatic N) is 2. The van der Waals surface area contributed by atoms with E-state index in [0.29, 0.717) is 6.04 Å². The van der Waals surface area contributed by atoms with Gasteiger partial charge in [-0.2, -0.15) is 0 Å². The fourth-order valence-corrected chi connectivity index (χ4v) is 2.51. The van der Waals surface area contributed by atoms with Gasteiger partial charge in [0, 0.05) is 19.1 Å². The van der Waals surface area contributed by atoms with Crippen molar-refractivity contribution >= 4 is 11.4 Å². The van der Waals surface area contributed by atoms with Gasteiger partial charge in [0.25, 0.3) is 0 Å². The SMILES string of the molecule is CN(C)CC1CCCN1c1ccccc1N. The van der Waals surface area contributed by atoms with Crippen LogP contribution >= 0.6 is 0 Å². The predicted molar refractivity (Wildman–Crippen MR) is 69.8 cm³/mol. The topological polar surface area (TPSA) is 32.5 Å². The lowest BCUT2D eigenvalue weighted by molar-refractivity contribution is 0.372. The molecular weight excluding hydrogens is 198 g/mol. The number of para-hydroxylation sites is 2. The zero-order chi connectivity index (χ0) is 11.5. The Hall–Kier alpha value is -1.22. The van der Waals surface area contributed by atoms with E-state index in [4.69, 9.17) is 5.73 Å². The average Bonchev–Trinajstić information content (AvgIpc) is 2.66. The summed E-state index contributed by atoms with van der Waals surface area (Å²) in [6.07, 6.45) is 2.54. The van der Waals surface area contributed by atoms with Gasteiger partial charge in [-0.3, -0.25) is 0 Å². The summed E-state index contributed by atoms with van der Waals surface area (Å²) in [5.74, 6) is 0. The number of nitrogen functional groups attached to an aromatic ring is 1. The van der Waals surface area contributed by atoms with E-state index in [1.54, 1.807) is 0 Å². The smallest absolute Gasteiger partial charge is 0.0602 e. The molecule has 1 heterocycles.